The Morgan fingerprint density at radius 3 is 2.57 bits per heavy atom. The van der Waals surface area contributed by atoms with Crippen molar-refractivity contribution in [2.24, 2.45) is 5.92 Å². The first-order chi connectivity index (χ1) is 10.1. The average molecular weight is 289 g/mol. The van der Waals surface area contributed by atoms with Crippen molar-refractivity contribution in [2.75, 3.05) is 6.61 Å². The summed E-state index contributed by atoms with van der Waals surface area (Å²) in [6.45, 7) is 6.74. The van der Waals surface area contributed by atoms with Gasteiger partial charge in [0.15, 0.2) is 0 Å². The van der Waals surface area contributed by atoms with Gasteiger partial charge >= 0.3 is 5.97 Å². The fraction of sp³-hybridized carbons (Fsp3) is 0.611. The van der Waals surface area contributed by atoms with E-state index in [4.69, 9.17) is 4.74 Å². The van der Waals surface area contributed by atoms with Crippen molar-refractivity contribution in [3.63, 3.8) is 0 Å². The normalized spacial score (nSPS) is 23.6. The predicted molar refractivity (Wildman–Crippen MR) is 85.1 cm³/mol. The van der Waals surface area contributed by atoms with Gasteiger partial charge in [0.2, 0.25) is 0 Å². The minimum atomic E-state index is -0.0112. The van der Waals surface area contributed by atoms with Gasteiger partial charge in [-0.15, -0.1) is 0 Å². The lowest BCUT2D eigenvalue weighted by molar-refractivity contribution is -0.149. The molecule has 0 bridgehead atoms. The fourth-order valence-electron chi connectivity index (χ4n) is 3.27. The quantitative estimate of drug-likeness (QED) is 0.839. The highest BCUT2D eigenvalue weighted by Crippen LogP contribution is 2.27. The second kappa shape index (κ2) is 7.60. The second-order valence-corrected chi connectivity index (χ2v) is 6.05. The van der Waals surface area contributed by atoms with Crippen LogP contribution in [-0.2, 0) is 9.53 Å². The zero-order chi connectivity index (χ0) is 15.2. The number of rotatable bonds is 5. The van der Waals surface area contributed by atoms with Crippen molar-refractivity contribution in [1.82, 2.24) is 5.32 Å². The van der Waals surface area contributed by atoms with Crippen LogP contribution in [0.15, 0.2) is 24.3 Å². The number of ether oxygens (including phenoxy) is 1. The number of aryl methyl sites for hydroxylation is 1. The minimum absolute atomic E-state index is 0.0112. The summed E-state index contributed by atoms with van der Waals surface area (Å²) >= 11 is 0. The number of hydrogen-bond donors (Lipinski definition) is 1. The molecule has 1 atom stereocenters. The third-order valence-electron chi connectivity index (χ3n) is 4.49. The number of benzene rings is 1. The Bertz CT molecular complexity index is 464. The molecule has 0 saturated heterocycles. The predicted octanol–water partition coefficient (Wildman–Crippen LogP) is 3.77. The molecule has 116 valence electrons. The van der Waals surface area contributed by atoms with E-state index in [-0.39, 0.29) is 11.9 Å². The van der Waals surface area contributed by atoms with Gasteiger partial charge in [-0.1, -0.05) is 24.3 Å². The molecular formula is C18H27NO2. The molecule has 0 amide bonds. The van der Waals surface area contributed by atoms with Crippen LogP contribution in [0.1, 0.15) is 56.7 Å². The minimum Gasteiger partial charge on any atom is -0.466 e. The molecule has 0 heterocycles. The second-order valence-electron chi connectivity index (χ2n) is 6.05. The molecule has 1 aromatic carbocycles. The van der Waals surface area contributed by atoms with Crippen LogP contribution in [0.3, 0.4) is 0 Å². The summed E-state index contributed by atoms with van der Waals surface area (Å²) in [4.78, 5) is 11.8. The van der Waals surface area contributed by atoms with E-state index in [9.17, 15) is 4.79 Å². The number of nitrogens with one attached hydrogen (secondary N) is 1. The van der Waals surface area contributed by atoms with Crippen LogP contribution in [-0.4, -0.2) is 18.6 Å². The molecule has 1 saturated carbocycles. The maximum Gasteiger partial charge on any atom is 0.308 e. The van der Waals surface area contributed by atoms with Crippen LogP contribution in [0.5, 0.6) is 0 Å². The molecule has 0 aromatic heterocycles. The van der Waals surface area contributed by atoms with Crippen LogP contribution in [0, 0.1) is 12.8 Å². The number of hydrogen-bond acceptors (Lipinski definition) is 3. The number of carbonyl (C=O) groups excluding carboxylic acids is 1. The summed E-state index contributed by atoms with van der Waals surface area (Å²) in [5.74, 6) is 0.0969. The fourth-order valence-corrected chi connectivity index (χ4v) is 3.27. The third kappa shape index (κ3) is 4.31. The summed E-state index contributed by atoms with van der Waals surface area (Å²) in [7, 11) is 0. The maximum absolute atomic E-state index is 11.8. The zero-order valence-corrected chi connectivity index (χ0v) is 13.4. The van der Waals surface area contributed by atoms with Crippen LogP contribution < -0.4 is 5.32 Å². The van der Waals surface area contributed by atoms with Crippen LogP contribution >= 0.6 is 0 Å². The number of carbonyl (C=O) groups is 1. The third-order valence-corrected chi connectivity index (χ3v) is 4.49. The van der Waals surface area contributed by atoms with E-state index in [2.05, 4.69) is 43.4 Å². The van der Waals surface area contributed by atoms with Crippen LogP contribution in [0.25, 0.3) is 0 Å². The van der Waals surface area contributed by atoms with Gasteiger partial charge in [-0.3, -0.25) is 4.79 Å². The molecule has 2 rings (SSSR count). The van der Waals surface area contributed by atoms with Gasteiger partial charge in [0.05, 0.1) is 12.5 Å². The Labute approximate surface area is 128 Å². The molecular weight excluding hydrogens is 262 g/mol. The summed E-state index contributed by atoms with van der Waals surface area (Å²) in [5, 5.41) is 3.72. The van der Waals surface area contributed by atoms with E-state index >= 15 is 0 Å². The Balaban J connectivity index is 1.83. The van der Waals surface area contributed by atoms with Crippen molar-refractivity contribution in [3.8, 4) is 0 Å². The zero-order valence-electron chi connectivity index (χ0n) is 13.4. The van der Waals surface area contributed by atoms with Crippen molar-refractivity contribution in [1.29, 1.82) is 0 Å². The van der Waals surface area contributed by atoms with Gasteiger partial charge in [0.1, 0.15) is 0 Å². The molecule has 0 radical (unpaired) electrons. The Morgan fingerprint density at radius 2 is 1.95 bits per heavy atom. The lowest BCUT2D eigenvalue weighted by atomic mass is 9.85. The first-order valence-electron chi connectivity index (χ1n) is 8.10. The standard InChI is InChI=1S/C18H27NO2/c1-4-21-18(20)15-9-11-16(12-10-15)19-14(3)17-8-6-5-7-13(17)2/h5-8,14-16,19H,4,9-12H2,1-3H3. The molecule has 1 unspecified atom stereocenters. The topological polar surface area (TPSA) is 38.3 Å². The first kappa shape index (κ1) is 16.0. The molecule has 1 aliphatic rings. The van der Waals surface area contributed by atoms with Crippen LogP contribution in [0.2, 0.25) is 0 Å². The van der Waals surface area contributed by atoms with Crippen molar-refractivity contribution in [3.05, 3.63) is 35.4 Å². The largest absolute Gasteiger partial charge is 0.466 e. The Morgan fingerprint density at radius 1 is 1.29 bits per heavy atom. The van der Waals surface area contributed by atoms with E-state index in [1.165, 1.54) is 11.1 Å². The van der Waals surface area contributed by atoms with Gasteiger partial charge < -0.3 is 10.1 Å². The Hall–Kier alpha value is -1.35. The van der Waals surface area contributed by atoms with E-state index in [1.54, 1.807) is 0 Å². The Kier molecular flexibility index (Phi) is 5.80. The van der Waals surface area contributed by atoms with Gasteiger partial charge in [-0.25, -0.2) is 0 Å². The summed E-state index contributed by atoms with van der Waals surface area (Å²) < 4.78 is 5.12. The van der Waals surface area contributed by atoms with Crippen molar-refractivity contribution >= 4 is 5.97 Å². The maximum atomic E-state index is 11.8. The summed E-state index contributed by atoms with van der Waals surface area (Å²) in [5.41, 5.74) is 2.70. The first-order valence-corrected chi connectivity index (χ1v) is 8.10. The lowest BCUT2D eigenvalue weighted by Gasteiger charge is -2.30. The molecule has 0 spiro atoms. The van der Waals surface area contributed by atoms with Crippen LogP contribution in [0.4, 0.5) is 0 Å². The van der Waals surface area contributed by atoms with Gasteiger partial charge in [-0.05, 0) is 57.6 Å². The lowest BCUT2D eigenvalue weighted by Crippen LogP contribution is -2.37. The van der Waals surface area contributed by atoms with E-state index < -0.39 is 0 Å². The monoisotopic (exact) mass is 289 g/mol. The van der Waals surface area contributed by atoms with E-state index in [0.29, 0.717) is 18.7 Å². The van der Waals surface area contributed by atoms with E-state index in [1.807, 2.05) is 6.92 Å². The highest BCUT2D eigenvalue weighted by Gasteiger charge is 2.27. The molecule has 3 heteroatoms. The molecule has 3 nitrogen and oxygen atoms in total. The molecule has 1 aliphatic carbocycles. The highest BCUT2D eigenvalue weighted by molar-refractivity contribution is 5.72. The highest BCUT2D eigenvalue weighted by atomic mass is 16.5. The average Bonchev–Trinajstić information content (AvgIpc) is 2.48. The summed E-state index contributed by atoms with van der Waals surface area (Å²) in [6.07, 6.45) is 3.99. The number of esters is 1. The van der Waals surface area contributed by atoms with Gasteiger partial charge in [0.25, 0.3) is 0 Å². The van der Waals surface area contributed by atoms with Crippen molar-refractivity contribution < 1.29 is 9.53 Å². The molecule has 1 N–H and O–H groups in total. The molecule has 0 aliphatic heterocycles. The van der Waals surface area contributed by atoms with Gasteiger partial charge in [0, 0.05) is 12.1 Å². The molecule has 1 fully saturated rings. The SMILES string of the molecule is CCOC(=O)C1CCC(NC(C)c2ccccc2C)CC1. The molecule has 1 aromatic rings. The summed E-state index contributed by atoms with van der Waals surface area (Å²) in [6, 6.07) is 9.39. The molecule has 21 heavy (non-hydrogen) atoms. The van der Waals surface area contributed by atoms with Crippen molar-refractivity contribution in [2.45, 2.75) is 58.5 Å². The smallest absolute Gasteiger partial charge is 0.308 e. The van der Waals surface area contributed by atoms with Gasteiger partial charge in [-0.2, -0.15) is 0 Å². The van der Waals surface area contributed by atoms with E-state index in [0.717, 1.165) is 25.7 Å².